The van der Waals surface area contributed by atoms with E-state index in [4.69, 9.17) is 0 Å². The van der Waals surface area contributed by atoms with Gasteiger partial charge in [0.2, 0.25) is 15.0 Å². The molecular formula is C20H24N6O3S2. The van der Waals surface area contributed by atoms with Crippen molar-refractivity contribution in [2.24, 2.45) is 7.05 Å². The van der Waals surface area contributed by atoms with Gasteiger partial charge in [-0.25, -0.2) is 8.42 Å². The summed E-state index contributed by atoms with van der Waals surface area (Å²) >= 11 is 1.26. The first kappa shape index (κ1) is 21.6. The number of amides is 1. The maximum Gasteiger partial charge on any atom is 0.286 e. The van der Waals surface area contributed by atoms with Crippen LogP contribution in [0.2, 0.25) is 0 Å². The van der Waals surface area contributed by atoms with Crippen LogP contribution in [0, 0.1) is 13.8 Å². The molecule has 11 heteroatoms. The number of rotatable bonds is 5. The Morgan fingerprint density at radius 3 is 2.42 bits per heavy atom. The Hall–Kier alpha value is -2.63. The quantitative estimate of drug-likeness (QED) is 0.627. The molecule has 0 saturated carbocycles. The number of hydrogen-bond acceptors (Lipinski definition) is 7. The van der Waals surface area contributed by atoms with E-state index in [1.165, 1.54) is 15.6 Å². The van der Waals surface area contributed by atoms with E-state index in [-0.39, 0.29) is 11.8 Å². The van der Waals surface area contributed by atoms with Gasteiger partial charge in [0.1, 0.15) is 9.90 Å². The molecule has 3 heterocycles. The van der Waals surface area contributed by atoms with Gasteiger partial charge in [0.05, 0.1) is 11.4 Å². The van der Waals surface area contributed by atoms with E-state index in [1.54, 1.807) is 25.6 Å². The molecule has 164 valence electrons. The summed E-state index contributed by atoms with van der Waals surface area (Å²) in [5, 5.41) is 16.4. The second-order valence-corrected chi connectivity index (χ2v) is 10.5. The third-order valence-electron chi connectivity index (χ3n) is 5.51. The number of aromatic nitrogens is 4. The van der Waals surface area contributed by atoms with Gasteiger partial charge in [-0.1, -0.05) is 29.5 Å². The molecule has 0 unspecified atom stereocenters. The Balaban J connectivity index is 1.42. The number of piperidine rings is 1. The predicted octanol–water partition coefficient (Wildman–Crippen LogP) is 2.71. The topological polar surface area (TPSA) is 110 Å². The van der Waals surface area contributed by atoms with Crippen molar-refractivity contribution in [3.05, 3.63) is 51.7 Å². The summed E-state index contributed by atoms with van der Waals surface area (Å²) in [6, 6.07) is 9.18. The average Bonchev–Trinajstić information content (AvgIpc) is 3.34. The van der Waals surface area contributed by atoms with Crippen LogP contribution in [0.15, 0.2) is 35.2 Å². The van der Waals surface area contributed by atoms with E-state index in [0.29, 0.717) is 52.9 Å². The summed E-state index contributed by atoms with van der Waals surface area (Å²) in [7, 11) is -1.85. The molecule has 1 saturated heterocycles. The van der Waals surface area contributed by atoms with Crippen LogP contribution in [0.5, 0.6) is 0 Å². The lowest BCUT2D eigenvalue weighted by atomic mass is 9.99. The number of aryl methyl sites for hydroxylation is 2. The van der Waals surface area contributed by atoms with Gasteiger partial charge in [0, 0.05) is 31.7 Å². The van der Waals surface area contributed by atoms with Crippen LogP contribution in [0.1, 0.15) is 45.0 Å². The Bertz CT molecular complexity index is 1190. The number of hydrogen-bond donors (Lipinski definition) is 1. The molecule has 0 radical (unpaired) electrons. The third-order valence-corrected chi connectivity index (χ3v) is 8.75. The summed E-state index contributed by atoms with van der Waals surface area (Å²) < 4.78 is 29.4. The molecule has 4 rings (SSSR count). The number of para-hydroxylation sites is 1. The van der Waals surface area contributed by atoms with Gasteiger partial charge in [0.25, 0.3) is 5.91 Å². The molecule has 1 amide bonds. The SMILES string of the molecule is Cc1nn(C)c(C)c1S(=O)(=O)N1CCC(c2nnc(C(=O)Nc3ccccc3)s2)CC1. The molecule has 3 aromatic rings. The number of sulfonamides is 1. The fraction of sp³-hybridized carbons (Fsp3) is 0.400. The fourth-order valence-electron chi connectivity index (χ4n) is 3.80. The summed E-state index contributed by atoms with van der Waals surface area (Å²) in [5.74, 6) is -0.212. The number of anilines is 1. The van der Waals surface area contributed by atoms with Crippen LogP contribution in [0.4, 0.5) is 5.69 Å². The van der Waals surface area contributed by atoms with Gasteiger partial charge < -0.3 is 5.32 Å². The lowest BCUT2D eigenvalue weighted by molar-refractivity contribution is 0.102. The van der Waals surface area contributed by atoms with E-state index in [2.05, 4.69) is 20.6 Å². The van der Waals surface area contributed by atoms with Gasteiger partial charge in [-0.05, 0) is 38.8 Å². The average molecular weight is 461 g/mol. The van der Waals surface area contributed by atoms with Crippen molar-refractivity contribution >= 4 is 33.0 Å². The molecule has 31 heavy (non-hydrogen) atoms. The smallest absolute Gasteiger partial charge is 0.286 e. The summed E-state index contributed by atoms with van der Waals surface area (Å²) in [4.78, 5) is 12.7. The van der Waals surface area contributed by atoms with Gasteiger partial charge in [-0.2, -0.15) is 9.40 Å². The third kappa shape index (κ3) is 4.25. The first-order chi connectivity index (χ1) is 14.8. The summed E-state index contributed by atoms with van der Waals surface area (Å²) in [6.07, 6.45) is 1.26. The minimum atomic E-state index is -3.60. The Morgan fingerprint density at radius 1 is 1.13 bits per heavy atom. The molecule has 2 aromatic heterocycles. The van der Waals surface area contributed by atoms with Crippen molar-refractivity contribution in [1.29, 1.82) is 0 Å². The van der Waals surface area contributed by atoms with Crippen LogP contribution in [0.25, 0.3) is 0 Å². The zero-order valence-corrected chi connectivity index (χ0v) is 19.2. The maximum atomic E-state index is 13.1. The highest BCUT2D eigenvalue weighted by molar-refractivity contribution is 7.89. The zero-order chi connectivity index (χ0) is 22.2. The van der Waals surface area contributed by atoms with Crippen LogP contribution < -0.4 is 5.32 Å². The number of nitrogens with one attached hydrogen (secondary N) is 1. The second kappa shape index (κ2) is 8.48. The molecule has 1 aliphatic heterocycles. The lowest BCUT2D eigenvalue weighted by Crippen LogP contribution is -2.38. The van der Waals surface area contributed by atoms with Crippen molar-refractivity contribution in [1.82, 2.24) is 24.3 Å². The van der Waals surface area contributed by atoms with Crippen LogP contribution in [-0.4, -0.2) is 51.7 Å². The maximum absolute atomic E-state index is 13.1. The van der Waals surface area contributed by atoms with Gasteiger partial charge >= 0.3 is 0 Å². The largest absolute Gasteiger partial charge is 0.320 e. The van der Waals surface area contributed by atoms with Crippen molar-refractivity contribution in [2.45, 2.75) is 37.5 Å². The molecule has 1 fully saturated rings. The van der Waals surface area contributed by atoms with Gasteiger partial charge in [-0.3, -0.25) is 9.48 Å². The minimum absolute atomic E-state index is 0.0818. The van der Waals surface area contributed by atoms with E-state index in [9.17, 15) is 13.2 Å². The normalized spacial score (nSPS) is 15.8. The van der Waals surface area contributed by atoms with Crippen LogP contribution in [0.3, 0.4) is 0 Å². The number of carbonyl (C=O) groups is 1. The zero-order valence-electron chi connectivity index (χ0n) is 17.6. The molecule has 1 aliphatic rings. The van der Waals surface area contributed by atoms with Gasteiger partial charge in [0.15, 0.2) is 0 Å². The summed E-state index contributed by atoms with van der Waals surface area (Å²) in [5.41, 5.74) is 1.85. The molecule has 0 bridgehead atoms. The van der Waals surface area contributed by atoms with E-state index in [1.807, 2.05) is 30.3 Å². The molecule has 0 aliphatic carbocycles. The summed E-state index contributed by atoms with van der Waals surface area (Å²) in [6.45, 7) is 4.27. The Kier molecular flexibility index (Phi) is 5.91. The first-order valence-electron chi connectivity index (χ1n) is 9.97. The van der Waals surface area contributed by atoms with E-state index in [0.717, 1.165) is 5.01 Å². The fourth-order valence-corrected chi connectivity index (χ4v) is 6.57. The monoisotopic (exact) mass is 460 g/mol. The molecule has 1 N–H and O–H groups in total. The first-order valence-corrected chi connectivity index (χ1v) is 12.2. The highest BCUT2D eigenvalue weighted by Gasteiger charge is 2.34. The standard InChI is InChI=1S/C20H24N6O3S2/c1-13-17(14(2)25(3)24-13)31(28,29)26-11-9-15(10-12-26)19-22-23-20(30-19)18(27)21-16-7-5-4-6-8-16/h4-8,15H,9-12H2,1-3H3,(H,21,27). The molecular weight excluding hydrogens is 436 g/mol. The molecule has 1 aromatic carbocycles. The van der Waals surface area contributed by atoms with E-state index >= 15 is 0 Å². The predicted molar refractivity (Wildman–Crippen MR) is 118 cm³/mol. The Labute approximate surface area is 185 Å². The van der Waals surface area contributed by atoms with Crippen LogP contribution >= 0.6 is 11.3 Å². The number of benzene rings is 1. The number of carbonyl (C=O) groups excluding carboxylic acids is 1. The van der Waals surface area contributed by atoms with Crippen LogP contribution in [-0.2, 0) is 17.1 Å². The highest BCUT2D eigenvalue weighted by atomic mass is 32.2. The second-order valence-electron chi connectivity index (χ2n) is 7.57. The molecule has 9 nitrogen and oxygen atoms in total. The lowest BCUT2D eigenvalue weighted by Gasteiger charge is -2.30. The minimum Gasteiger partial charge on any atom is -0.320 e. The highest BCUT2D eigenvalue weighted by Crippen LogP contribution is 2.33. The number of nitrogens with zero attached hydrogens (tertiary/aromatic N) is 5. The molecule has 0 atom stereocenters. The Morgan fingerprint density at radius 2 is 1.81 bits per heavy atom. The van der Waals surface area contributed by atoms with Crippen molar-refractivity contribution in [3.8, 4) is 0 Å². The van der Waals surface area contributed by atoms with Crippen molar-refractivity contribution < 1.29 is 13.2 Å². The molecule has 0 spiro atoms. The van der Waals surface area contributed by atoms with Gasteiger partial charge in [-0.15, -0.1) is 10.2 Å². The van der Waals surface area contributed by atoms with Crippen molar-refractivity contribution in [3.63, 3.8) is 0 Å². The van der Waals surface area contributed by atoms with Crippen molar-refractivity contribution in [2.75, 3.05) is 18.4 Å². The van der Waals surface area contributed by atoms with E-state index < -0.39 is 10.0 Å².